The first kappa shape index (κ1) is 11.9. The normalized spacial score (nSPS) is 11.1. The van der Waals surface area contributed by atoms with Gasteiger partial charge in [0.15, 0.2) is 15.5 Å². The Balaban J connectivity index is 3.37. The average Bonchev–Trinajstić information content (AvgIpc) is 2.28. The third-order valence-electron chi connectivity index (χ3n) is 1.75. The third kappa shape index (κ3) is 2.45. The summed E-state index contributed by atoms with van der Waals surface area (Å²) in [5, 5.41) is 0. The molecule has 1 aromatic heterocycles. The molecule has 0 amide bonds. The number of carbonyl (C=O) groups excluding carboxylic acids is 1. The van der Waals surface area contributed by atoms with Crippen LogP contribution in [0.1, 0.15) is 17.4 Å². The molecule has 7 heteroatoms. The second-order valence-electron chi connectivity index (χ2n) is 2.62. The van der Waals surface area contributed by atoms with Crippen LogP contribution in [-0.4, -0.2) is 25.1 Å². The van der Waals surface area contributed by atoms with Crippen molar-refractivity contribution in [2.75, 3.05) is 5.75 Å². The molecule has 0 radical (unpaired) electrons. The van der Waals surface area contributed by atoms with Crippen molar-refractivity contribution in [3.05, 3.63) is 24.0 Å². The lowest BCUT2D eigenvalue weighted by atomic mass is 10.3. The number of hydrogen-bond acceptors (Lipinski definition) is 5. The van der Waals surface area contributed by atoms with Crippen LogP contribution >= 0.6 is 11.9 Å². The molecule has 1 heterocycles. The summed E-state index contributed by atoms with van der Waals surface area (Å²) in [4.78, 5) is 14.6. The molecule has 0 unspecified atom stereocenters. The first-order chi connectivity index (χ1) is 7.03. The number of halogens is 1. The van der Waals surface area contributed by atoms with E-state index in [9.17, 15) is 13.2 Å². The lowest BCUT2D eigenvalue weighted by molar-refractivity contribution is 0.0741. The van der Waals surface area contributed by atoms with E-state index in [-0.39, 0.29) is 16.3 Å². The summed E-state index contributed by atoms with van der Waals surface area (Å²) < 4.78 is 27.0. The Hall–Kier alpha value is -1.14. The molecule has 1 rings (SSSR count). The van der Waals surface area contributed by atoms with Crippen molar-refractivity contribution in [3.63, 3.8) is 0 Å². The zero-order valence-corrected chi connectivity index (χ0v) is 9.38. The van der Waals surface area contributed by atoms with Crippen LogP contribution in [-0.2, 0) is 14.1 Å². The minimum absolute atomic E-state index is 0.124. The predicted molar refractivity (Wildman–Crippen MR) is 53.2 cm³/mol. The van der Waals surface area contributed by atoms with Crippen LogP contribution in [0.5, 0.6) is 0 Å². The number of rotatable bonds is 3. The Morgan fingerprint density at radius 1 is 1.60 bits per heavy atom. The van der Waals surface area contributed by atoms with Crippen molar-refractivity contribution < 1.29 is 17.5 Å². The largest absolute Gasteiger partial charge is 0.376 e. The summed E-state index contributed by atoms with van der Waals surface area (Å²) in [5.74, 6) is -1.11. The molecule has 0 aromatic carbocycles. The summed E-state index contributed by atoms with van der Waals surface area (Å²) in [6.07, 6.45) is 1.29. The van der Waals surface area contributed by atoms with Gasteiger partial charge in [0.2, 0.25) is 0 Å². The highest BCUT2D eigenvalue weighted by Gasteiger charge is 2.22. The van der Waals surface area contributed by atoms with Gasteiger partial charge in [-0.1, -0.05) is 6.92 Å². The van der Waals surface area contributed by atoms with E-state index < -0.39 is 15.8 Å². The van der Waals surface area contributed by atoms with Gasteiger partial charge >= 0.3 is 5.97 Å². The van der Waals surface area contributed by atoms with Gasteiger partial charge in [-0.05, 0) is 12.1 Å². The van der Waals surface area contributed by atoms with Gasteiger partial charge in [-0.15, -0.1) is 0 Å². The summed E-state index contributed by atoms with van der Waals surface area (Å²) >= 11 is 4.87. The van der Waals surface area contributed by atoms with Gasteiger partial charge in [-0.2, -0.15) is 0 Å². The Morgan fingerprint density at radius 2 is 2.27 bits per heavy atom. The van der Waals surface area contributed by atoms with E-state index in [0.717, 1.165) is 0 Å². The smallest absolute Gasteiger partial charge is 0.342 e. The van der Waals surface area contributed by atoms with Crippen molar-refractivity contribution in [1.29, 1.82) is 0 Å². The van der Waals surface area contributed by atoms with Crippen LogP contribution in [0.15, 0.2) is 23.2 Å². The second kappa shape index (κ2) is 4.59. The van der Waals surface area contributed by atoms with Crippen LogP contribution in [0.25, 0.3) is 0 Å². The van der Waals surface area contributed by atoms with E-state index in [0.29, 0.717) is 0 Å². The molecule has 0 fully saturated rings. The van der Waals surface area contributed by atoms with Gasteiger partial charge < -0.3 is 4.29 Å². The molecular weight excluding hydrogens is 242 g/mol. The Morgan fingerprint density at radius 3 is 2.80 bits per heavy atom. The molecular formula is C8H8ClNO4S. The van der Waals surface area contributed by atoms with Gasteiger partial charge in [0, 0.05) is 6.20 Å². The van der Waals surface area contributed by atoms with E-state index in [1.165, 1.54) is 25.3 Å². The molecule has 82 valence electrons. The molecule has 0 saturated heterocycles. The Bertz CT molecular complexity index is 471. The zero-order chi connectivity index (χ0) is 11.5. The van der Waals surface area contributed by atoms with Gasteiger partial charge in [-0.25, -0.2) is 18.2 Å². The third-order valence-corrected chi connectivity index (χ3v) is 3.65. The van der Waals surface area contributed by atoms with Gasteiger partial charge in [0.1, 0.15) is 16.8 Å². The lowest BCUT2D eigenvalue weighted by Gasteiger charge is -2.04. The number of carbonyl (C=O) groups is 1. The molecule has 1 aromatic rings. The molecule has 15 heavy (non-hydrogen) atoms. The number of nitrogens with zero attached hydrogens (tertiary/aromatic N) is 1. The molecule has 0 aliphatic heterocycles. The first-order valence-corrected chi connectivity index (χ1v) is 5.99. The van der Waals surface area contributed by atoms with Crippen molar-refractivity contribution in [3.8, 4) is 0 Å². The van der Waals surface area contributed by atoms with E-state index in [4.69, 9.17) is 11.9 Å². The van der Waals surface area contributed by atoms with Crippen LogP contribution in [0, 0.1) is 0 Å². The number of pyridine rings is 1. The zero-order valence-electron chi connectivity index (χ0n) is 7.81. The summed E-state index contributed by atoms with van der Waals surface area (Å²) in [6.45, 7) is 1.47. The van der Waals surface area contributed by atoms with E-state index >= 15 is 0 Å². The van der Waals surface area contributed by atoms with Crippen LogP contribution < -0.4 is 0 Å². The van der Waals surface area contributed by atoms with Crippen molar-refractivity contribution >= 4 is 27.7 Å². The monoisotopic (exact) mass is 249 g/mol. The number of aromatic nitrogens is 1. The molecule has 0 spiro atoms. The van der Waals surface area contributed by atoms with Crippen molar-refractivity contribution in [1.82, 2.24) is 4.98 Å². The fraction of sp³-hybridized carbons (Fsp3) is 0.250. The predicted octanol–water partition coefficient (Wildman–Crippen LogP) is 1.19. The van der Waals surface area contributed by atoms with E-state index in [1.54, 1.807) is 0 Å². The molecule has 0 bridgehead atoms. The maximum atomic E-state index is 11.6. The van der Waals surface area contributed by atoms with Crippen LogP contribution in [0.3, 0.4) is 0 Å². The highest BCUT2D eigenvalue weighted by atomic mass is 35.5. The summed E-state index contributed by atoms with van der Waals surface area (Å²) in [7, 11) is -3.51. The van der Waals surface area contributed by atoms with Crippen LogP contribution in [0.2, 0.25) is 0 Å². The van der Waals surface area contributed by atoms with Crippen molar-refractivity contribution in [2.24, 2.45) is 0 Å². The van der Waals surface area contributed by atoms with Gasteiger partial charge in [-0.3, -0.25) is 0 Å². The maximum absolute atomic E-state index is 11.6. The summed E-state index contributed by atoms with van der Waals surface area (Å²) in [5.41, 5.74) is -0.297. The molecule has 0 aliphatic carbocycles. The molecule has 0 aliphatic rings. The van der Waals surface area contributed by atoms with Crippen LogP contribution in [0.4, 0.5) is 0 Å². The summed E-state index contributed by atoms with van der Waals surface area (Å²) in [6, 6.07) is 2.71. The second-order valence-corrected chi connectivity index (χ2v) is 5.02. The maximum Gasteiger partial charge on any atom is 0.376 e. The topological polar surface area (TPSA) is 73.3 Å². The lowest BCUT2D eigenvalue weighted by Crippen LogP contribution is -2.12. The quantitative estimate of drug-likeness (QED) is 0.804. The van der Waals surface area contributed by atoms with E-state index in [1.807, 2.05) is 0 Å². The average molecular weight is 250 g/mol. The minimum Gasteiger partial charge on any atom is -0.342 e. The van der Waals surface area contributed by atoms with Crippen molar-refractivity contribution in [2.45, 2.75) is 11.8 Å². The molecule has 0 saturated carbocycles. The van der Waals surface area contributed by atoms with Gasteiger partial charge in [0.25, 0.3) is 0 Å². The first-order valence-electron chi connectivity index (χ1n) is 4.03. The molecule has 0 N–H and O–H groups in total. The highest BCUT2D eigenvalue weighted by molar-refractivity contribution is 7.91. The highest BCUT2D eigenvalue weighted by Crippen LogP contribution is 2.15. The fourth-order valence-electron chi connectivity index (χ4n) is 0.987. The number of hydrogen-bond donors (Lipinski definition) is 0. The Kier molecular flexibility index (Phi) is 3.65. The van der Waals surface area contributed by atoms with Gasteiger partial charge in [0.05, 0.1) is 5.75 Å². The van der Waals surface area contributed by atoms with E-state index in [2.05, 4.69) is 9.27 Å². The minimum atomic E-state index is -3.51. The SMILES string of the molecule is CCS(=O)(=O)c1cccnc1C(=O)OCl. The Labute approximate surface area is 92.1 Å². The molecule has 5 nitrogen and oxygen atoms in total. The fourth-order valence-corrected chi connectivity index (χ4v) is 2.09. The molecule has 0 atom stereocenters. The number of sulfone groups is 1. The standard InChI is InChI=1S/C8H8ClNO4S/c1-2-15(12,13)6-4-3-5-10-7(6)8(11)14-9/h3-5H,2H2,1H3.